The zero-order chi connectivity index (χ0) is 18.8. The van der Waals surface area contributed by atoms with Gasteiger partial charge in [-0.1, -0.05) is 6.07 Å². The molecule has 1 aliphatic heterocycles. The lowest BCUT2D eigenvalue weighted by Crippen LogP contribution is -2.41. The van der Waals surface area contributed by atoms with Gasteiger partial charge in [0.2, 0.25) is 20.0 Å². The second-order valence-electron chi connectivity index (χ2n) is 6.16. The van der Waals surface area contributed by atoms with E-state index in [2.05, 4.69) is 4.72 Å². The first-order chi connectivity index (χ1) is 11.5. The number of sulfonamides is 2. The summed E-state index contributed by atoms with van der Waals surface area (Å²) in [6.07, 6.45) is 2.27. The highest BCUT2D eigenvalue weighted by molar-refractivity contribution is 7.89. The van der Waals surface area contributed by atoms with E-state index in [1.165, 1.54) is 16.4 Å². The van der Waals surface area contributed by atoms with Gasteiger partial charge in [-0.25, -0.2) is 25.9 Å². The Morgan fingerprint density at radius 2 is 1.84 bits per heavy atom. The van der Waals surface area contributed by atoms with E-state index in [9.17, 15) is 26.9 Å². The fourth-order valence-electron chi connectivity index (χ4n) is 2.74. The summed E-state index contributed by atoms with van der Waals surface area (Å²) in [6, 6.07) is 3.70. The van der Waals surface area contributed by atoms with E-state index >= 15 is 0 Å². The molecule has 0 bridgehead atoms. The van der Waals surface area contributed by atoms with Crippen molar-refractivity contribution in [3.05, 3.63) is 33.9 Å². The van der Waals surface area contributed by atoms with Crippen LogP contribution in [-0.2, 0) is 20.0 Å². The van der Waals surface area contributed by atoms with Crippen LogP contribution in [0.5, 0.6) is 0 Å². The lowest BCUT2D eigenvalue weighted by atomic mass is 9.99. The number of aryl methyl sites for hydroxylation is 1. The van der Waals surface area contributed by atoms with Crippen LogP contribution in [0.25, 0.3) is 0 Å². The number of nitro groups is 1. The molecule has 0 radical (unpaired) electrons. The predicted octanol–water partition coefficient (Wildman–Crippen LogP) is 0.853. The number of nitrogens with zero attached hydrogens (tertiary/aromatic N) is 2. The van der Waals surface area contributed by atoms with Gasteiger partial charge in [0.25, 0.3) is 5.69 Å². The highest BCUT2D eigenvalue weighted by atomic mass is 32.2. The van der Waals surface area contributed by atoms with Crippen LogP contribution in [0.1, 0.15) is 18.4 Å². The van der Waals surface area contributed by atoms with Crippen molar-refractivity contribution in [3.63, 3.8) is 0 Å². The molecule has 1 N–H and O–H groups in total. The van der Waals surface area contributed by atoms with Gasteiger partial charge in [-0.15, -0.1) is 0 Å². The number of benzene rings is 1. The number of rotatable bonds is 6. The van der Waals surface area contributed by atoms with Gasteiger partial charge in [0.1, 0.15) is 0 Å². The molecule has 1 aromatic carbocycles. The molecule has 0 aromatic heterocycles. The maximum Gasteiger partial charge on any atom is 0.270 e. The summed E-state index contributed by atoms with van der Waals surface area (Å²) >= 11 is 0. The van der Waals surface area contributed by atoms with Crippen LogP contribution < -0.4 is 4.72 Å². The average Bonchev–Trinajstić information content (AvgIpc) is 2.52. The van der Waals surface area contributed by atoms with Crippen molar-refractivity contribution < 1.29 is 21.8 Å². The molecule has 1 aliphatic rings. The van der Waals surface area contributed by atoms with Gasteiger partial charge < -0.3 is 0 Å². The zero-order valence-corrected chi connectivity index (χ0v) is 15.6. The highest BCUT2D eigenvalue weighted by Crippen LogP contribution is 2.23. The Morgan fingerprint density at radius 1 is 1.24 bits per heavy atom. The van der Waals surface area contributed by atoms with Crippen molar-refractivity contribution in [2.24, 2.45) is 5.92 Å². The molecular formula is C14H21N3O6S2. The Morgan fingerprint density at radius 3 is 2.36 bits per heavy atom. The maximum absolute atomic E-state index is 12.5. The molecule has 0 amide bonds. The molecule has 2 rings (SSSR count). The highest BCUT2D eigenvalue weighted by Gasteiger charge is 2.27. The molecule has 25 heavy (non-hydrogen) atoms. The van der Waals surface area contributed by atoms with E-state index in [4.69, 9.17) is 0 Å². The monoisotopic (exact) mass is 391 g/mol. The van der Waals surface area contributed by atoms with Gasteiger partial charge in [-0.2, -0.15) is 0 Å². The number of hydrogen-bond acceptors (Lipinski definition) is 6. The molecule has 1 fully saturated rings. The second kappa shape index (κ2) is 7.36. The van der Waals surface area contributed by atoms with E-state index in [1.807, 2.05) is 0 Å². The summed E-state index contributed by atoms with van der Waals surface area (Å²) < 4.78 is 51.7. The van der Waals surface area contributed by atoms with Crippen molar-refractivity contribution in [1.29, 1.82) is 0 Å². The van der Waals surface area contributed by atoms with Gasteiger partial charge in [0.05, 0.1) is 16.1 Å². The van der Waals surface area contributed by atoms with E-state index in [0.29, 0.717) is 31.5 Å². The SMILES string of the molecule is Cc1ccc([N+](=O)[O-])cc1S(=O)(=O)NCC1CCN(S(C)(=O)=O)CC1. The molecule has 140 valence electrons. The molecular weight excluding hydrogens is 370 g/mol. The standard InChI is InChI=1S/C14H21N3O6S2/c1-11-3-4-13(17(18)19)9-14(11)25(22,23)15-10-12-5-7-16(8-6-12)24(2,20)21/h3-4,9,12,15H,5-8,10H2,1-2H3. The Kier molecular flexibility index (Phi) is 5.82. The van der Waals surface area contributed by atoms with Crippen molar-refractivity contribution in [3.8, 4) is 0 Å². The smallest absolute Gasteiger partial charge is 0.258 e. The third-order valence-electron chi connectivity index (χ3n) is 4.28. The molecule has 0 saturated carbocycles. The van der Waals surface area contributed by atoms with Gasteiger partial charge in [-0.3, -0.25) is 10.1 Å². The third kappa shape index (κ3) is 4.97. The first kappa shape index (κ1) is 19.8. The van der Waals surface area contributed by atoms with Gasteiger partial charge in [-0.05, 0) is 31.2 Å². The lowest BCUT2D eigenvalue weighted by molar-refractivity contribution is -0.385. The molecule has 9 nitrogen and oxygen atoms in total. The fraction of sp³-hybridized carbons (Fsp3) is 0.571. The van der Waals surface area contributed by atoms with Crippen LogP contribution in [0.15, 0.2) is 23.1 Å². The van der Waals surface area contributed by atoms with E-state index in [1.54, 1.807) is 6.92 Å². The lowest BCUT2D eigenvalue weighted by Gasteiger charge is -2.30. The van der Waals surface area contributed by atoms with Crippen molar-refractivity contribution in [1.82, 2.24) is 9.03 Å². The minimum Gasteiger partial charge on any atom is -0.258 e. The summed E-state index contributed by atoms with van der Waals surface area (Å²) in [7, 11) is -7.10. The largest absolute Gasteiger partial charge is 0.270 e. The minimum absolute atomic E-state index is 0.0202. The maximum atomic E-state index is 12.5. The first-order valence-corrected chi connectivity index (χ1v) is 11.0. The molecule has 0 atom stereocenters. The topological polar surface area (TPSA) is 127 Å². The molecule has 1 saturated heterocycles. The third-order valence-corrected chi connectivity index (χ3v) is 7.15. The number of piperidine rings is 1. The van der Waals surface area contributed by atoms with Crippen LogP contribution in [0.3, 0.4) is 0 Å². The fourth-order valence-corrected chi connectivity index (χ4v) is 4.99. The average molecular weight is 391 g/mol. The van der Waals surface area contributed by atoms with Gasteiger partial charge >= 0.3 is 0 Å². The molecule has 0 unspecified atom stereocenters. The van der Waals surface area contributed by atoms with Gasteiger partial charge in [0.15, 0.2) is 0 Å². The molecule has 1 heterocycles. The Balaban J connectivity index is 2.04. The van der Waals surface area contributed by atoms with Crippen molar-refractivity contribution in [2.45, 2.75) is 24.7 Å². The van der Waals surface area contributed by atoms with Crippen LogP contribution in [-0.4, -0.2) is 52.0 Å². The summed E-state index contributed by atoms with van der Waals surface area (Å²) in [5.41, 5.74) is 0.137. The summed E-state index contributed by atoms with van der Waals surface area (Å²) in [5, 5.41) is 10.8. The molecule has 1 aromatic rings. The van der Waals surface area contributed by atoms with Crippen LogP contribution >= 0.6 is 0 Å². The van der Waals surface area contributed by atoms with E-state index in [-0.39, 0.29) is 23.0 Å². The molecule has 0 aliphatic carbocycles. The predicted molar refractivity (Wildman–Crippen MR) is 92.2 cm³/mol. The van der Waals surface area contributed by atoms with E-state index in [0.717, 1.165) is 12.3 Å². The Hall–Kier alpha value is -1.56. The van der Waals surface area contributed by atoms with E-state index < -0.39 is 25.0 Å². The first-order valence-electron chi connectivity index (χ1n) is 7.70. The van der Waals surface area contributed by atoms with Crippen LogP contribution in [0.2, 0.25) is 0 Å². The molecule has 11 heteroatoms. The summed E-state index contributed by atoms with van der Waals surface area (Å²) in [5.74, 6) is 0.0202. The van der Waals surface area contributed by atoms with Crippen LogP contribution in [0.4, 0.5) is 5.69 Å². The quantitative estimate of drug-likeness (QED) is 0.566. The summed E-state index contributed by atoms with van der Waals surface area (Å²) in [4.78, 5) is 10.1. The number of hydrogen-bond donors (Lipinski definition) is 1. The summed E-state index contributed by atoms with van der Waals surface area (Å²) in [6.45, 7) is 2.47. The number of non-ortho nitro benzene ring substituents is 1. The minimum atomic E-state index is -3.87. The second-order valence-corrected chi connectivity index (χ2v) is 9.88. The normalized spacial score (nSPS) is 17.5. The number of nitro benzene ring substituents is 1. The van der Waals surface area contributed by atoms with Crippen LogP contribution in [0, 0.1) is 23.0 Å². The van der Waals surface area contributed by atoms with Crippen molar-refractivity contribution in [2.75, 3.05) is 25.9 Å². The van der Waals surface area contributed by atoms with Crippen molar-refractivity contribution >= 4 is 25.7 Å². The Bertz CT molecular complexity index is 859. The van der Waals surface area contributed by atoms with Gasteiger partial charge in [0, 0.05) is 31.8 Å². The Labute approximate surface area is 147 Å². The zero-order valence-electron chi connectivity index (χ0n) is 14.0. The molecule has 0 spiro atoms. The number of nitrogens with one attached hydrogen (secondary N) is 1.